The third-order valence-electron chi connectivity index (χ3n) is 5.92. The van der Waals surface area contributed by atoms with Crippen molar-refractivity contribution >= 4 is 34.6 Å². The lowest BCUT2D eigenvalue weighted by molar-refractivity contribution is -0.114. The van der Waals surface area contributed by atoms with Crippen LogP contribution in [0.1, 0.15) is 40.7 Å². The molecule has 162 valence electrons. The van der Waals surface area contributed by atoms with Gasteiger partial charge >= 0.3 is 0 Å². The first-order chi connectivity index (χ1) is 15.7. The van der Waals surface area contributed by atoms with Gasteiger partial charge in [-0.3, -0.25) is 25.2 Å². The molecule has 1 saturated heterocycles. The summed E-state index contributed by atoms with van der Waals surface area (Å²) in [5.41, 5.74) is 8.22. The summed E-state index contributed by atoms with van der Waals surface area (Å²) in [5, 5.41) is 10.8. The number of carbonyl (C=O) groups is 2. The fourth-order valence-corrected chi connectivity index (χ4v) is 4.86. The first kappa shape index (κ1) is 20.6. The lowest BCUT2D eigenvalue weighted by atomic mass is 9.94. The molecular weight excluding hydrogens is 420 g/mol. The van der Waals surface area contributed by atoms with E-state index in [9.17, 15) is 9.59 Å². The average Bonchev–Trinajstić information content (AvgIpc) is 3.35. The molecule has 7 heteroatoms. The van der Waals surface area contributed by atoms with Crippen LogP contribution in [0.25, 0.3) is 11.1 Å². The van der Waals surface area contributed by atoms with Crippen molar-refractivity contribution < 1.29 is 9.59 Å². The molecule has 2 aromatic carbocycles. The maximum absolute atomic E-state index is 12.6. The van der Waals surface area contributed by atoms with E-state index in [1.807, 2.05) is 41.1 Å². The highest BCUT2D eigenvalue weighted by Gasteiger charge is 2.29. The highest BCUT2D eigenvalue weighted by atomic mass is 32.1. The Morgan fingerprint density at radius 3 is 2.47 bits per heavy atom. The van der Waals surface area contributed by atoms with E-state index in [1.54, 1.807) is 17.4 Å². The topological polar surface area (TPSA) is 73.8 Å². The van der Waals surface area contributed by atoms with E-state index >= 15 is 0 Å². The van der Waals surface area contributed by atoms with Crippen LogP contribution in [0.3, 0.4) is 0 Å². The van der Waals surface area contributed by atoms with Crippen LogP contribution in [0.5, 0.6) is 0 Å². The first-order valence-electron chi connectivity index (χ1n) is 10.8. The van der Waals surface area contributed by atoms with Crippen molar-refractivity contribution in [1.82, 2.24) is 10.2 Å². The smallest absolute Gasteiger partial charge is 0.279 e. The van der Waals surface area contributed by atoms with Crippen molar-refractivity contribution in [2.75, 3.05) is 18.5 Å². The molecule has 5 rings (SSSR count). The highest BCUT2D eigenvalue weighted by molar-refractivity contribution is 7.08. The number of hydrazone groups is 1. The molecule has 1 fully saturated rings. The zero-order chi connectivity index (χ0) is 21.9. The molecule has 0 unspecified atom stereocenters. The number of amides is 2. The van der Waals surface area contributed by atoms with Crippen LogP contribution in [0, 0.1) is 0 Å². The minimum absolute atomic E-state index is 0.203. The van der Waals surface area contributed by atoms with Gasteiger partial charge in [-0.25, -0.2) is 0 Å². The Bertz CT molecular complexity index is 1160. The maximum atomic E-state index is 12.6. The van der Waals surface area contributed by atoms with E-state index in [0.29, 0.717) is 11.1 Å². The second-order valence-electron chi connectivity index (χ2n) is 8.16. The molecule has 2 aliphatic rings. The van der Waals surface area contributed by atoms with Gasteiger partial charge in [-0.05, 0) is 83.7 Å². The van der Waals surface area contributed by atoms with E-state index in [2.05, 4.69) is 32.9 Å². The molecule has 32 heavy (non-hydrogen) atoms. The largest absolute Gasteiger partial charge is 0.299 e. The van der Waals surface area contributed by atoms with Crippen molar-refractivity contribution in [2.24, 2.45) is 5.10 Å². The second-order valence-corrected chi connectivity index (χ2v) is 8.94. The molecule has 0 saturated carbocycles. The summed E-state index contributed by atoms with van der Waals surface area (Å²) in [4.78, 5) is 27.3. The van der Waals surface area contributed by atoms with Crippen molar-refractivity contribution in [1.29, 1.82) is 0 Å². The quantitative estimate of drug-likeness (QED) is 0.449. The molecule has 3 aromatic rings. The van der Waals surface area contributed by atoms with Crippen molar-refractivity contribution in [2.45, 2.75) is 25.8 Å². The Kier molecular flexibility index (Phi) is 5.83. The first-order valence-corrected chi connectivity index (χ1v) is 11.8. The van der Waals surface area contributed by atoms with Crippen LogP contribution in [-0.2, 0) is 11.3 Å². The molecule has 2 N–H and O–H groups in total. The summed E-state index contributed by atoms with van der Waals surface area (Å²) in [6.07, 6.45) is 3.88. The monoisotopic (exact) mass is 444 g/mol. The number of piperidine rings is 1. The number of fused-ring (bicyclic) bond motifs is 1. The minimum Gasteiger partial charge on any atom is -0.299 e. The Morgan fingerprint density at radius 2 is 1.72 bits per heavy atom. The van der Waals surface area contributed by atoms with E-state index in [0.717, 1.165) is 36.4 Å². The molecule has 2 amide bonds. The predicted molar refractivity (Wildman–Crippen MR) is 128 cm³/mol. The van der Waals surface area contributed by atoms with Gasteiger partial charge in [0, 0.05) is 17.7 Å². The number of carbonyl (C=O) groups excluding carboxylic acids is 2. The van der Waals surface area contributed by atoms with Gasteiger partial charge < -0.3 is 0 Å². The Labute approximate surface area is 191 Å². The van der Waals surface area contributed by atoms with Gasteiger partial charge in [0.25, 0.3) is 11.8 Å². The van der Waals surface area contributed by atoms with E-state index in [4.69, 9.17) is 0 Å². The number of benzene rings is 2. The van der Waals surface area contributed by atoms with E-state index in [1.165, 1.54) is 24.8 Å². The molecule has 0 bridgehead atoms. The summed E-state index contributed by atoms with van der Waals surface area (Å²) in [6.45, 7) is 3.28. The molecule has 2 aliphatic heterocycles. The Balaban J connectivity index is 1.36. The van der Waals surface area contributed by atoms with Gasteiger partial charge in [0.05, 0.1) is 5.69 Å². The summed E-state index contributed by atoms with van der Waals surface area (Å²) in [7, 11) is 0. The van der Waals surface area contributed by atoms with Gasteiger partial charge in [-0.2, -0.15) is 16.4 Å². The fourth-order valence-electron chi connectivity index (χ4n) is 4.19. The molecule has 0 atom stereocenters. The molecule has 3 heterocycles. The Hall–Kier alpha value is -3.29. The summed E-state index contributed by atoms with van der Waals surface area (Å²) in [5.74, 6) is -0.901. The number of nitrogens with zero attached hydrogens (tertiary/aromatic N) is 2. The zero-order valence-electron chi connectivity index (χ0n) is 17.6. The summed E-state index contributed by atoms with van der Waals surface area (Å²) in [6, 6.07) is 15.6. The number of likely N-dealkylation sites (tertiary alicyclic amines) is 1. The minimum atomic E-state index is -0.501. The lowest BCUT2D eigenvalue weighted by Gasteiger charge is -2.26. The number of thiophene rings is 1. The number of nitrogens with one attached hydrogen (secondary N) is 2. The van der Waals surface area contributed by atoms with Crippen molar-refractivity contribution in [3.05, 3.63) is 76.0 Å². The SMILES string of the molecule is O=C1NC(=O)c2ccc(-c3ccsc3)cc2/C1=N\Nc1ccc(CN2CCCCC2)cc1. The maximum Gasteiger partial charge on any atom is 0.279 e. The third-order valence-corrected chi connectivity index (χ3v) is 6.60. The van der Waals surface area contributed by atoms with Crippen LogP contribution in [0.15, 0.2) is 64.4 Å². The van der Waals surface area contributed by atoms with Crippen molar-refractivity contribution in [3.8, 4) is 11.1 Å². The van der Waals surface area contributed by atoms with E-state index in [-0.39, 0.29) is 5.71 Å². The Morgan fingerprint density at radius 1 is 0.906 bits per heavy atom. The van der Waals surface area contributed by atoms with E-state index < -0.39 is 11.8 Å². The van der Waals surface area contributed by atoms with Crippen LogP contribution >= 0.6 is 11.3 Å². The molecule has 0 aliphatic carbocycles. The molecule has 0 radical (unpaired) electrons. The molecule has 6 nitrogen and oxygen atoms in total. The standard InChI is InChI=1S/C25H24N4O2S/c30-24-21-9-6-18(19-10-13-32-16-19)14-22(21)23(25(31)26-24)28-27-20-7-4-17(5-8-20)15-29-11-2-1-3-12-29/h4-10,13-14,16,27H,1-3,11-12,15H2,(H,26,30,31)/b28-23+. The number of anilines is 1. The van der Waals surface area contributed by atoms with Gasteiger partial charge in [0.1, 0.15) is 0 Å². The number of imide groups is 1. The highest BCUT2D eigenvalue weighted by Crippen LogP contribution is 2.27. The average molecular weight is 445 g/mol. The van der Waals surface area contributed by atoms with Gasteiger partial charge in [0.2, 0.25) is 0 Å². The number of hydrogen-bond donors (Lipinski definition) is 2. The van der Waals surface area contributed by atoms with Gasteiger partial charge in [-0.15, -0.1) is 0 Å². The zero-order valence-corrected chi connectivity index (χ0v) is 18.5. The molecule has 1 aromatic heterocycles. The number of rotatable bonds is 5. The van der Waals surface area contributed by atoms with Crippen LogP contribution in [0.2, 0.25) is 0 Å². The molecular formula is C25H24N4O2S. The second kappa shape index (κ2) is 9.06. The van der Waals surface area contributed by atoms with Crippen molar-refractivity contribution in [3.63, 3.8) is 0 Å². The van der Waals surface area contributed by atoms with Crippen LogP contribution in [0.4, 0.5) is 5.69 Å². The number of hydrogen-bond acceptors (Lipinski definition) is 6. The van der Waals surface area contributed by atoms with Crippen LogP contribution < -0.4 is 10.7 Å². The third kappa shape index (κ3) is 4.35. The van der Waals surface area contributed by atoms with Crippen LogP contribution in [-0.4, -0.2) is 35.5 Å². The predicted octanol–water partition coefficient (Wildman–Crippen LogP) is 4.49. The summed E-state index contributed by atoms with van der Waals surface area (Å²) < 4.78 is 0. The fraction of sp³-hybridized carbons (Fsp3) is 0.240. The summed E-state index contributed by atoms with van der Waals surface area (Å²) >= 11 is 1.60. The normalized spacial score (nSPS) is 17.8. The lowest BCUT2D eigenvalue weighted by Crippen LogP contribution is -2.42. The molecule has 0 spiro atoms. The van der Waals surface area contributed by atoms with Gasteiger partial charge in [-0.1, -0.05) is 24.6 Å². The van der Waals surface area contributed by atoms with Gasteiger partial charge in [0.15, 0.2) is 5.71 Å².